The molecule has 1 aromatic rings. The second-order valence-corrected chi connectivity index (χ2v) is 4.49. The molecule has 3 heteroatoms. The Morgan fingerprint density at radius 3 is 2.59 bits per heavy atom. The van der Waals surface area contributed by atoms with Gasteiger partial charge in [-0.3, -0.25) is 0 Å². The summed E-state index contributed by atoms with van der Waals surface area (Å²) in [5.41, 5.74) is 1.82. The van der Waals surface area contributed by atoms with Crippen LogP contribution in [0.3, 0.4) is 0 Å². The average molecular weight is 236 g/mol. The third-order valence-electron chi connectivity index (χ3n) is 2.68. The number of hydrogen-bond acceptors (Lipinski definition) is 3. The van der Waals surface area contributed by atoms with Gasteiger partial charge in [-0.1, -0.05) is 32.9 Å². The summed E-state index contributed by atoms with van der Waals surface area (Å²) in [7, 11) is 0. The van der Waals surface area contributed by atoms with Crippen molar-refractivity contribution in [2.75, 3.05) is 6.61 Å². The van der Waals surface area contributed by atoms with E-state index in [1.807, 2.05) is 32.9 Å². The van der Waals surface area contributed by atoms with Crippen LogP contribution < -0.4 is 0 Å². The van der Waals surface area contributed by atoms with Crippen molar-refractivity contribution in [1.82, 2.24) is 0 Å². The predicted octanol–water partition coefficient (Wildman–Crippen LogP) is 3.39. The van der Waals surface area contributed by atoms with E-state index in [4.69, 9.17) is 4.74 Å². The lowest BCUT2D eigenvalue weighted by atomic mass is 9.96. The number of ether oxygens (including phenoxy) is 1. The first kappa shape index (κ1) is 13.6. The molecule has 17 heavy (non-hydrogen) atoms. The highest BCUT2D eigenvalue weighted by atomic mass is 16.5. The van der Waals surface area contributed by atoms with Crippen molar-refractivity contribution >= 4 is 5.97 Å². The minimum Gasteiger partial charge on any atom is -0.507 e. The molecule has 0 atom stereocenters. The molecule has 1 aromatic carbocycles. The van der Waals surface area contributed by atoms with Crippen molar-refractivity contribution in [1.29, 1.82) is 0 Å². The summed E-state index contributed by atoms with van der Waals surface area (Å²) in [5, 5.41) is 10.1. The molecule has 0 spiro atoms. The van der Waals surface area contributed by atoms with Crippen LogP contribution in [0.4, 0.5) is 0 Å². The smallest absolute Gasteiger partial charge is 0.342 e. The van der Waals surface area contributed by atoms with Crippen LogP contribution in [-0.4, -0.2) is 17.7 Å². The highest BCUT2D eigenvalue weighted by Gasteiger charge is 2.19. The van der Waals surface area contributed by atoms with Gasteiger partial charge >= 0.3 is 5.97 Å². The Kier molecular flexibility index (Phi) is 4.55. The van der Waals surface area contributed by atoms with Crippen molar-refractivity contribution in [2.45, 2.75) is 40.0 Å². The Labute approximate surface area is 102 Å². The van der Waals surface area contributed by atoms with Crippen molar-refractivity contribution in [3.8, 4) is 5.75 Å². The molecule has 0 bridgehead atoms. The lowest BCUT2D eigenvalue weighted by molar-refractivity contribution is 0.0500. The van der Waals surface area contributed by atoms with Gasteiger partial charge in [-0.25, -0.2) is 4.79 Å². The summed E-state index contributed by atoms with van der Waals surface area (Å²) in [5.74, 6) is -0.209. The van der Waals surface area contributed by atoms with E-state index in [1.54, 1.807) is 6.92 Å². The highest BCUT2D eigenvalue weighted by molar-refractivity contribution is 5.94. The zero-order chi connectivity index (χ0) is 13.0. The molecular weight excluding hydrogens is 216 g/mol. The number of phenols is 1. The van der Waals surface area contributed by atoms with E-state index in [1.165, 1.54) is 0 Å². The second kappa shape index (κ2) is 5.71. The maximum absolute atomic E-state index is 11.8. The van der Waals surface area contributed by atoms with E-state index < -0.39 is 5.97 Å². The predicted molar refractivity (Wildman–Crippen MR) is 67.5 cm³/mol. The molecule has 0 heterocycles. The maximum Gasteiger partial charge on any atom is 0.342 e. The molecule has 0 aliphatic rings. The SMILES string of the molecule is CCCOC(=O)c1c(C)ccc(C(C)C)c1O. The number of phenolic OH excluding ortho intramolecular Hbond substituents is 1. The number of rotatable bonds is 4. The molecule has 0 aliphatic carbocycles. The van der Waals surface area contributed by atoms with Crippen LogP contribution in [0.2, 0.25) is 0 Å². The Balaban J connectivity index is 3.13. The number of carbonyl (C=O) groups is 1. The van der Waals surface area contributed by atoms with Crippen LogP contribution in [0.1, 0.15) is 54.6 Å². The Morgan fingerprint density at radius 2 is 2.06 bits per heavy atom. The largest absolute Gasteiger partial charge is 0.507 e. The minimum atomic E-state index is -0.440. The molecular formula is C14H20O3. The Bertz CT molecular complexity index is 408. The summed E-state index contributed by atoms with van der Waals surface area (Å²) in [6, 6.07) is 3.70. The number of carbonyl (C=O) groups excluding carboxylic acids is 1. The van der Waals surface area contributed by atoms with E-state index in [0.29, 0.717) is 12.2 Å². The van der Waals surface area contributed by atoms with Crippen molar-refractivity contribution in [3.05, 3.63) is 28.8 Å². The molecule has 0 aliphatic heterocycles. The van der Waals surface area contributed by atoms with Gasteiger partial charge in [0.1, 0.15) is 11.3 Å². The van der Waals surface area contributed by atoms with E-state index in [0.717, 1.165) is 17.5 Å². The van der Waals surface area contributed by atoms with Gasteiger partial charge in [-0.2, -0.15) is 0 Å². The van der Waals surface area contributed by atoms with Gasteiger partial charge in [-0.05, 0) is 30.4 Å². The number of benzene rings is 1. The molecule has 1 rings (SSSR count). The minimum absolute atomic E-state index is 0.0566. The summed E-state index contributed by atoms with van der Waals surface area (Å²) >= 11 is 0. The molecule has 94 valence electrons. The van der Waals surface area contributed by atoms with Gasteiger partial charge in [0.15, 0.2) is 0 Å². The van der Waals surface area contributed by atoms with Gasteiger partial charge in [0, 0.05) is 0 Å². The molecule has 0 aromatic heterocycles. The number of hydrogen-bond donors (Lipinski definition) is 1. The van der Waals surface area contributed by atoms with E-state index in [9.17, 15) is 9.90 Å². The first-order valence-corrected chi connectivity index (χ1v) is 5.98. The first-order valence-electron chi connectivity index (χ1n) is 5.98. The zero-order valence-corrected chi connectivity index (χ0v) is 10.9. The highest BCUT2D eigenvalue weighted by Crippen LogP contribution is 2.31. The van der Waals surface area contributed by atoms with Gasteiger partial charge in [-0.15, -0.1) is 0 Å². The fourth-order valence-corrected chi connectivity index (χ4v) is 1.70. The topological polar surface area (TPSA) is 46.5 Å². The van der Waals surface area contributed by atoms with E-state index in [2.05, 4.69) is 0 Å². The Hall–Kier alpha value is -1.51. The Morgan fingerprint density at radius 1 is 1.41 bits per heavy atom. The van der Waals surface area contributed by atoms with E-state index in [-0.39, 0.29) is 11.7 Å². The second-order valence-electron chi connectivity index (χ2n) is 4.49. The monoisotopic (exact) mass is 236 g/mol. The first-order chi connectivity index (χ1) is 7.99. The van der Waals surface area contributed by atoms with Crippen LogP contribution in [0, 0.1) is 6.92 Å². The summed E-state index contributed by atoms with van der Waals surface area (Å²) in [6.45, 7) is 8.07. The van der Waals surface area contributed by atoms with Gasteiger partial charge in [0.05, 0.1) is 6.61 Å². The van der Waals surface area contributed by atoms with Crippen molar-refractivity contribution in [2.24, 2.45) is 0 Å². The molecule has 0 unspecified atom stereocenters. The van der Waals surface area contributed by atoms with Crippen molar-refractivity contribution < 1.29 is 14.6 Å². The van der Waals surface area contributed by atoms with Crippen molar-refractivity contribution in [3.63, 3.8) is 0 Å². The third kappa shape index (κ3) is 2.99. The van der Waals surface area contributed by atoms with Crippen LogP contribution in [-0.2, 0) is 4.74 Å². The fourth-order valence-electron chi connectivity index (χ4n) is 1.70. The molecule has 0 fully saturated rings. The van der Waals surface area contributed by atoms with Gasteiger partial charge < -0.3 is 9.84 Å². The van der Waals surface area contributed by atoms with Crippen LogP contribution >= 0.6 is 0 Å². The number of esters is 1. The molecule has 0 amide bonds. The molecule has 0 radical (unpaired) electrons. The summed E-state index contributed by atoms with van der Waals surface area (Å²) in [4.78, 5) is 11.8. The molecule has 3 nitrogen and oxygen atoms in total. The standard InChI is InChI=1S/C14H20O3/c1-5-8-17-14(16)12-10(4)6-7-11(9(2)3)13(12)15/h6-7,9,15H,5,8H2,1-4H3. The number of aryl methyl sites for hydroxylation is 1. The zero-order valence-electron chi connectivity index (χ0n) is 10.9. The quantitative estimate of drug-likeness (QED) is 0.815. The normalized spacial score (nSPS) is 10.6. The molecule has 1 N–H and O–H groups in total. The fraction of sp³-hybridized carbons (Fsp3) is 0.500. The molecule has 0 saturated carbocycles. The van der Waals surface area contributed by atoms with Gasteiger partial charge in [0.2, 0.25) is 0 Å². The number of aromatic hydroxyl groups is 1. The van der Waals surface area contributed by atoms with Crippen LogP contribution in [0.5, 0.6) is 5.75 Å². The summed E-state index contributed by atoms with van der Waals surface area (Å²) in [6.07, 6.45) is 0.773. The maximum atomic E-state index is 11.8. The lowest BCUT2D eigenvalue weighted by Gasteiger charge is -2.14. The lowest BCUT2D eigenvalue weighted by Crippen LogP contribution is -2.09. The summed E-state index contributed by atoms with van der Waals surface area (Å²) < 4.78 is 5.07. The van der Waals surface area contributed by atoms with Crippen LogP contribution in [0.15, 0.2) is 12.1 Å². The van der Waals surface area contributed by atoms with Crippen LogP contribution in [0.25, 0.3) is 0 Å². The van der Waals surface area contributed by atoms with E-state index >= 15 is 0 Å². The third-order valence-corrected chi connectivity index (χ3v) is 2.68. The van der Waals surface area contributed by atoms with Gasteiger partial charge in [0.25, 0.3) is 0 Å². The average Bonchev–Trinajstić information content (AvgIpc) is 2.25. The molecule has 0 saturated heterocycles.